The molecule has 4 rings (SSSR count). The lowest BCUT2D eigenvalue weighted by molar-refractivity contribution is -0.139. The number of rotatable bonds is 8. The van der Waals surface area contributed by atoms with Crippen LogP contribution in [0.25, 0.3) is 0 Å². The van der Waals surface area contributed by atoms with Crippen LogP contribution in [0.2, 0.25) is 0 Å². The van der Waals surface area contributed by atoms with Crippen molar-refractivity contribution in [2.45, 2.75) is 38.3 Å². The minimum atomic E-state index is -0.599. The van der Waals surface area contributed by atoms with E-state index >= 15 is 0 Å². The van der Waals surface area contributed by atoms with E-state index in [9.17, 15) is 19.2 Å². The van der Waals surface area contributed by atoms with Crippen molar-refractivity contribution < 1.29 is 23.9 Å². The van der Waals surface area contributed by atoms with Gasteiger partial charge in [-0.05, 0) is 42.0 Å². The molecule has 1 heterocycles. The number of hydrogen-bond donors (Lipinski definition) is 1. The van der Waals surface area contributed by atoms with Crippen molar-refractivity contribution in [3.8, 4) is 0 Å². The van der Waals surface area contributed by atoms with E-state index in [0.717, 1.165) is 24.0 Å². The van der Waals surface area contributed by atoms with Gasteiger partial charge in [-0.2, -0.15) is 0 Å². The van der Waals surface area contributed by atoms with Crippen molar-refractivity contribution in [3.63, 3.8) is 0 Å². The first-order valence-electron chi connectivity index (χ1n) is 10.4. The van der Waals surface area contributed by atoms with Gasteiger partial charge in [0.15, 0.2) is 6.61 Å². The number of likely N-dealkylation sites (tertiary alicyclic amines) is 1. The normalized spacial score (nSPS) is 16.8. The number of nitrogens with one attached hydrogen (secondary N) is 1. The van der Waals surface area contributed by atoms with Crippen LogP contribution in [0.5, 0.6) is 0 Å². The van der Waals surface area contributed by atoms with Crippen molar-refractivity contribution in [1.82, 2.24) is 10.2 Å². The maximum Gasteiger partial charge on any atom is 0.338 e. The van der Waals surface area contributed by atoms with Crippen LogP contribution in [0.1, 0.15) is 53.2 Å². The van der Waals surface area contributed by atoms with Gasteiger partial charge in [-0.25, -0.2) is 4.79 Å². The highest BCUT2D eigenvalue weighted by Crippen LogP contribution is 2.40. The number of amides is 3. The van der Waals surface area contributed by atoms with Gasteiger partial charge in [-0.3, -0.25) is 19.3 Å². The molecule has 1 atom stereocenters. The van der Waals surface area contributed by atoms with Crippen LogP contribution in [-0.2, 0) is 25.7 Å². The second kappa shape index (κ2) is 9.12. The monoisotopic (exact) mass is 420 g/mol. The number of benzene rings is 2. The summed E-state index contributed by atoms with van der Waals surface area (Å²) in [6.45, 7) is -0.162. The van der Waals surface area contributed by atoms with Crippen LogP contribution in [0, 0.1) is 5.92 Å². The van der Waals surface area contributed by atoms with Crippen molar-refractivity contribution in [1.29, 1.82) is 0 Å². The van der Waals surface area contributed by atoms with E-state index in [1.807, 2.05) is 30.3 Å². The SMILES string of the molecule is O=C(COC(=O)c1ccc(CN2C(=O)CCC2=O)cc1)NC(c1ccccc1)C1CC1. The summed E-state index contributed by atoms with van der Waals surface area (Å²) in [4.78, 5) is 49.3. The molecule has 2 aliphatic rings. The van der Waals surface area contributed by atoms with Gasteiger partial charge in [-0.1, -0.05) is 42.5 Å². The fourth-order valence-electron chi connectivity index (χ4n) is 3.72. The topological polar surface area (TPSA) is 92.8 Å². The van der Waals surface area contributed by atoms with Crippen molar-refractivity contribution in [2.24, 2.45) is 5.92 Å². The summed E-state index contributed by atoms with van der Waals surface area (Å²) in [5, 5.41) is 2.97. The average Bonchev–Trinajstić information content (AvgIpc) is 3.59. The fourth-order valence-corrected chi connectivity index (χ4v) is 3.72. The third-order valence-corrected chi connectivity index (χ3v) is 5.59. The summed E-state index contributed by atoms with van der Waals surface area (Å²) >= 11 is 0. The Morgan fingerprint density at radius 3 is 2.23 bits per heavy atom. The summed E-state index contributed by atoms with van der Waals surface area (Å²) in [6.07, 6.45) is 2.63. The zero-order chi connectivity index (χ0) is 21.8. The molecule has 2 fully saturated rings. The summed E-state index contributed by atoms with van der Waals surface area (Å²) in [5.74, 6) is -0.877. The molecule has 0 radical (unpaired) electrons. The second-order valence-corrected chi connectivity index (χ2v) is 7.94. The number of nitrogens with zero attached hydrogens (tertiary/aromatic N) is 1. The third kappa shape index (κ3) is 5.17. The maximum absolute atomic E-state index is 12.3. The van der Waals surface area contributed by atoms with Crippen LogP contribution < -0.4 is 5.32 Å². The summed E-state index contributed by atoms with van der Waals surface area (Å²) in [5.41, 5.74) is 2.10. The summed E-state index contributed by atoms with van der Waals surface area (Å²) < 4.78 is 5.16. The number of carbonyl (C=O) groups is 4. The van der Waals surface area contributed by atoms with Gasteiger partial charge in [0, 0.05) is 12.8 Å². The fraction of sp³-hybridized carbons (Fsp3) is 0.333. The average molecular weight is 420 g/mol. The Labute approximate surface area is 180 Å². The molecule has 160 valence electrons. The summed E-state index contributed by atoms with van der Waals surface area (Å²) in [7, 11) is 0. The standard InChI is InChI=1S/C24H24N2O5/c27-20(25-23(18-10-11-18)17-4-2-1-3-5-17)15-31-24(30)19-8-6-16(7-9-19)14-26-21(28)12-13-22(26)29/h1-9,18,23H,10-15H2,(H,25,27). The molecule has 2 aromatic rings. The predicted octanol–water partition coefficient (Wildman–Crippen LogP) is 2.76. The molecule has 7 heteroatoms. The molecular weight excluding hydrogens is 396 g/mol. The quantitative estimate of drug-likeness (QED) is 0.524. The molecule has 3 amide bonds. The summed E-state index contributed by atoms with van der Waals surface area (Å²) in [6, 6.07) is 16.2. The smallest absolute Gasteiger partial charge is 0.338 e. The number of hydrogen-bond acceptors (Lipinski definition) is 5. The van der Waals surface area contributed by atoms with Gasteiger partial charge < -0.3 is 10.1 Å². The predicted molar refractivity (Wildman–Crippen MR) is 112 cm³/mol. The molecule has 0 spiro atoms. The van der Waals surface area contributed by atoms with Crippen LogP contribution in [0.4, 0.5) is 0 Å². The number of ether oxygens (including phenoxy) is 1. The minimum Gasteiger partial charge on any atom is -0.452 e. The van der Waals surface area contributed by atoms with Crippen molar-refractivity contribution >= 4 is 23.7 Å². The second-order valence-electron chi connectivity index (χ2n) is 7.94. The first kappa shape index (κ1) is 20.8. The first-order valence-corrected chi connectivity index (χ1v) is 10.4. The highest BCUT2D eigenvalue weighted by Gasteiger charge is 2.33. The van der Waals surface area contributed by atoms with Gasteiger partial charge in [-0.15, -0.1) is 0 Å². The van der Waals surface area contributed by atoms with E-state index < -0.39 is 5.97 Å². The molecule has 7 nitrogen and oxygen atoms in total. The molecule has 2 aromatic carbocycles. The Kier molecular flexibility index (Phi) is 6.11. The molecule has 1 N–H and O–H groups in total. The zero-order valence-corrected chi connectivity index (χ0v) is 17.1. The maximum atomic E-state index is 12.3. The van der Waals surface area contributed by atoms with Gasteiger partial charge in [0.1, 0.15) is 0 Å². The van der Waals surface area contributed by atoms with Crippen LogP contribution >= 0.6 is 0 Å². The van der Waals surface area contributed by atoms with Crippen molar-refractivity contribution in [2.75, 3.05) is 6.61 Å². The molecule has 1 aliphatic carbocycles. The lowest BCUT2D eigenvalue weighted by Gasteiger charge is -2.18. The van der Waals surface area contributed by atoms with Crippen LogP contribution in [0.3, 0.4) is 0 Å². The molecule has 0 bridgehead atoms. The largest absolute Gasteiger partial charge is 0.452 e. The van der Waals surface area contributed by atoms with Crippen LogP contribution in [0.15, 0.2) is 54.6 Å². The van der Waals surface area contributed by atoms with E-state index in [1.54, 1.807) is 24.3 Å². The van der Waals surface area contributed by atoms with E-state index in [4.69, 9.17) is 4.74 Å². The molecule has 1 saturated carbocycles. The van der Waals surface area contributed by atoms with Crippen LogP contribution in [-0.4, -0.2) is 35.2 Å². The lowest BCUT2D eigenvalue weighted by atomic mass is 10.0. The van der Waals surface area contributed by atoms with E-state index in [-0.39, 0.29) is 49.8 Å². The van der Waals surface area contributed by atoms with E-state index in [1.165, 1.54) is 4.90 Å². The Balaban J connectivity index is 1.28. The first-order chi connectivity index (χ1) is 15.0. The molecule has 1 aliphatic heterocycles. The van der Waals surface area contributed by atoms with Gasteiger partial charge in [0.05, 0.1) is 18.2 Å². The van der Waals surface area contributed by atoms with Gasteiger partial charge >= 0.3 is 5.97 Å². The molecule has 31 heavy (non-hydrogen) atoms. The number of carbonyl (C=O) groups excluding carboxylic acids is 4. The third-order valence-electron chi connectivity index (χ3n) is 5.59. The minimum absolute atomic E-state index is 0.0670. The Hall–Kier alpha value is -3.48. The highest BCUT2D eigenvalue weighted by atomic mass is 16.5. The molecule has 0 aromatic heterocycles. The lowest BCUT2D eigenvalue weighted by Crippen LogP contribution is -2.33. The Bertz CT molecular complexity index is 967. The van der Waals surface area contributed by atoms with E-state index in [2.05, 4.69) is 5.32 Å². The van der Waals surface area contributed by atoms with Crippen molar-refractivity contribution in [3.05, 3.63) is 71.3 Å². The van der Waals surface area contributed by atoms with E-state index in [0.29, 0.717) is 11.5 Å². The zero-order valence-electron chi connectivity index (χ0n) is 17.1. The Morgan fingerprint density at radius 1 is 0.968 bits per heavy atom. The highest BCUT2D eigenvalue weighted by molar-refractivity contribution is 6.01. The van der Waals surface area contributed by atoms with Gasteiger partial charge in [0.25, 0.3) is 5.91 Å². The molecule has 1 unspecified atom stereocenters. The molecule has 1 saturated heterocycles. The van der Waals surface area contributed by atoms with Gasteiger partial charge in [0.2, 0.25) is 11.8 Å². The Morgan fingerprint density at radius 2 is 1.61 bits per heavy atom. The molecular formula is C24H24N2O5. The number of esters is 1. The number of imide groups is 1.